The van der Waals surface area contributed by atoms with Gasteiger partial charge in [0.25, 0.3) is 8.32 Å². The van der Waals surface area contributed by atoms with Crippen molar-refractivity contribution in [2.75, 3.05) is 0 Å². The van der Waals surface area contributed by atoms with Gasteiger partial charge in [0.1, 0.15) is 0 Å². The van der Waals surface area contributed by atoms with E-state index in [0.29, 0.717) is 0 Å². The Morgan fingerprint density at radius 3 is 1.50 bits per heavy atom. The summed E-state index contributed by atoms with van der Waals surface area (Å²) in [7, 11) is -1.50. The van der Waals surface area contributed by atoms with Crippen LogP contribution in [0.4, 0.5) is 0 Å². The molecule has 0 aromatic rings. The Morgan fingerprint density at radius 2 is 1.11 bits per heavy atom. The Balaban J connectivity index is 2.40. The lowest BCUT2D eigenvalue weighted by atomic mass is 10.00. The van der Waals surface area contributed by atoms with Crippen LogP contribution in [-0.2, 0) is 4.53 Å². The van der Waals surface area contributed by atoms with Crippen LogP contribution < -0.4 is 0 Å². The first-order valence-corrected chi connectivity index (χ1v) is 11.2. The van der Waals surface area contributed by atoms with Gasteiger partial charge in [-0.25, -0.2) is 0 Å². The quantitative estimate of drug-likeness (QED) is 0.479. The highest BCUT2D eigenvalue weighted by atomic mass is 28.4. The summed E-state index contributed by atoms with van der Waals surface area (Å²) in [6.07, 6.45) is 14.8. The third-order valence-electron chi connectivity index (χ3n) is 3.38. The molecule has 1 fully saturated rings. The third-order valence-corrected chi connectivity index (χ3v) is 4.02. The van der Waals surface area contributed by atoms with E-state index in [1.807, 2.05) is 0 Å². The summed E-state index contributed by atoms with van der Waals surface area (Å²) >= 11 is 0. The summed E-state index contributed by atoms with van der Waals surface area (Å²) < 4.78 is 5.72. The number of rotatable bonds is 2. The predicted octanol–water partition coefficient (Wildman–Crippen LogP) is 5.50. The monoisotopic (exact) mass is 269 g/mol. The van der Waals surface area contributed by atoms with E-state index in [9.17, 15) is 0 Å². The Kier molecular flexibility index (Phi) is 7.64. The lowest BCUT2D eigenvalue weighted by molar-refractivity contribution is 0.331. The van der Waals surface area contributed by atoms with Crippen molar-refractivity contribution < 1.29 is 4.53 Å². The summed E-state index contributed by atoms with van der Waals surface area (Å²) in [4.78, 5) is 0. The van der Waals surface area contributed by atoms with Crippen molar-refractivity contribution in [3.8, 4) is 0 Å². The molecule has 0 saturated heterocycles. The molecule has 0 radical (unpaired) electrons. The van der Waals surface area contributed by atoms with Gasteiger partial charge in [-0.1, -0.05) is 44.9 Å². The second kappa shape index (κ2) is 8.73. The molecule has 0 N–H and O–H groups in total. The highest BCUT2D eigenvalue weighted by molar-refractivity contribution is 6.69. The summed E-state index contributed by atoms with van der Waals surface area (Å²) in [6.45, 7) is 6.60. The largest absolute Gasteiger partial charge is 0.456 e. The molecule has 18 heavy (non-hydrogen) atoms. The first-order valence-electron chi connectivity index (χ1n) is 7.82. The molecule has 0 heterocycles. The molecule has 0 atom stereocenters. The summed E-state index contributed by atoms with van der Waals surface area (Å²) in [5.74, 6) is 0. The normalized spacial score (nSPS) is 20.7. The first kappa shape index (κ1) is 15.7. The van der Waals surface area contributed by atoms with E-state index in [0.717, 1.165) is 12.8 Å². The van der Waals surface area contributed by atoms with Crippen LogP contribution in [0.1, 0.15) is 70.6 Å². The zero-order valence-corrected chi connectivity index (χ0v) is 13.6. The molecule has 0 aromatic heterocycles. The van der Waals surface area contributed by atoms with Crippen LogP contribution in [0.25, 0.3) is 0 Å². The van der Waals surface area contributed by atoms with E-state index in [4.69, 9.17) is 4.53 Å². The van der Waals surface area contributed by atoms with Crippen LogP contribution in [0, 0.1) is 0 Å². The molecular formula is C15H31NOSi. The Hall–Kier alpha value is -0.313. The highest BCUT2D eigenvalue weighted by Gasteiger charge is 2.16. The van der Waals surface area contributed by atoms with Crippen LogP contribution in [0.3, 0.4) is 0 Å². The maximum absolute atomic E-state index is 5.72. The SMILES string of the molecule is C[Si](C)(C)ON=C1CCCCCCCCCCC1. The van der Waals surface area contributed by atoms with Crippen molar-refractivity contribution in [3.05, 3.63) is 0 Å². The molecule has 0 amide bonds. The van der Waals surface area contributed by atoms with Gasteiger partial charge in [-0.3, -0.25) is 0 Å². The van der Waals surface area contributed by atoms with Gasteiger partial charge in [-0.2, -0.15) is 0 Å². The molecule has 2 nitrogen and oxygen atoms in total. The fourth-order valence-corrected chi connectivity index (χ4v) is 2.72. The smallest absolute Gasteiger partial charge is 0.278 e. The Bertz CT molecular complexity index is 231. The summed E-state index contributed by atoms with van der Waals surface area (Å²) in [6, 6.07) is 0. The fourth-order valence-electron chi connectivity index (χ4n) is 2.31. The van der Waals surface area contributed by atoms with Crippen molar-refractivity contribution in [2.45, 2.75) is 90.3 Å². The van der Waals surface area contributed by atoms with Crippen molar-refractivity contribution in [3.63, 3.8) is 0 Å². The van der Waals surface area contributed by atoms with Crippen LogP contribution in [-0.4, -0.2) is 14.0 Å². The average molecular weight is 270 g/mol. The minimum atomic E-state index is -1.50. The fraction of sp³-hybridized carbons (Fsp3) is 0.933. The van der Waals surface area contributed by atoms with Crippen molar-refractivity contribution in [1.82, 2.24) is 0 Å². The zero-order valence-electron chi connectivity index (χ0n) is 12.6. The summed E-state index contributed by atoms with van der Waals surface area (Å²) in [5.41, 5.74) is 1.32. The second-order valence-corrected chi connectivity index (χ2v) is 11.0. The van der Waals surface area contributed by atoms with Crippen LogP contribution >= 0.6 is 0 Å². The average Bonchev–Trinajstić information content (AvgIpc) is 2.27. The molecule has 0 aliphatic heterocycles. The molecule has 1 rings (SSSR count). The first-order chi connectivity index (χ1) is 8.58. The molecule has 1 aliphatic carbocycles. The molecule has 0 bridgehead atoms. The maximum atomic E-state index is 5.72. The molecule has 0 unspecified atom stereocenters. The molecule has 0 aromatic carbocycles. The van der Waals surface area contributed by atoms with Gasteiger partial charge in [-0.15, -0.1) is 5.16 Å². The molecule has 1 saturated carbocycles. The van der Waals surface area contributed by atoms with Gasteiger partial charge in [0.15, 0.2) is 0 Å². The third kappa shape index (κ3) is 8.73. The van der Waals surface area contributed by atoms with Crippen LogP contribution in [0.5, 0.6) is 0 Å². The number of nitrogens with zero attached hydrogens (tertiary/aromatic N) is 1. The summed E-state index contributed by atoms with van der Waals surface area (Å²) in [5, 5.41) is 4.46. The van der Waals surface area contributed by atoms with Crippen molar-refractivity contribution in [1.29, 1.82) is 0 Å². The lowest BCUT2D eigenvalue weighted by Crippen LogP contribution is -2.23. The van der Waals surface area contributed by atoms with E-state index < -0.39 is 8.32 Å². The van der Waals surface area contributed by atoms with Crippen molar-refractivity contribution >= 4 is 14.0 Å². The molecule has 106 valence electrons. The number of hydrogen-bond donors (Lipinski definition) is 0. The van der Waals surface area contributed by atoms with Crippen LogP contribution in [0.2, 0.25) is 19.6 Å². The minimum absolute atomic E-state index is 1.16. The Morgan fingerprint density at radius 1 is 0.722 bits per heavy atom. The van der Waals surface area contributed by atoms with Gasteiger partial charge in [0.2, 0.25) is 0 Å². The molecule has 3 heteroatoms. The van der Waals surface area contributed by atoms with Gasteiger partial charge in [0.05, 0.1) is 5.71 Å². The van der Waals surface area contributed by atoms with E-state index in [1.165, 1.54) is 63.5 Å². The van der Waals surface area contributed by atoms with Crippen LogP contribution in [0.15, 0.2) is 5.16 Å². The molecule has 0 spiro atoms. The Labute approximate surface area is 114 Å². The minimum Gasteiger partial charge on any atom is -0.456 e. The van der Waals surface area contributed by atoms with Gasteiger partial charge in [-0.05, 0) is 45.3 Å². The highest BCUT2D eigenvalue weighted by Crippen LogP contribution is 2.16. The van der Waals surface area contributed by atoms with Crippen molar-refractivity contribution in [2.24, 2.45) is 5.16 Å². The topological polar surface area (TPSA) is 21.6 Å². The van der Waals surface area contributed by atoms with Gasteiger partial charge in [0, 0.05) is 0 Å². The van der Waals surface area contributed by atoms with E-state index in [-0.39, 0.29) is 0 Å². The molecular weight excluding hydrogens is 238 g/mol. The number of oxime groups is 1. The van der Waals surface area contributed by atoms with Gasteiger partial charge >= 0.3 is 0 Å². The van der Waals surface area contributed by atoms with E-state index >= 15 is 0 Å². The number of hydrogen-bond acceptors (Lipinski definition) is 2. The standard InChI is InChI=1S/C15H31NOSi/c1-18(2,3)17-16-15-13-11-9-7-5-4-6-8-10-12-14-15/h4-14H2,1-3H3. The predicted molar refractivity (Wildman–Crippen MR) is 82.7 cm³/mol. The maximum Gasteiger partial charge on any atom is 0.278 e. The second-order valence-electron chi connectivity index (χ2n) is 6.54. The molecule has 1 aliphatic rings. The van der Waals surface area contributed by atoms with Gasteiger partial charge < -0.3 is 4.53 Å². The zero-order chi connectivity index (χ0) is 13.3. The lowest BCUT2D eigenvalue weighted by Gasteiger charge is -2.15. The van der Waals surface area contributed by atoms with E-state index in [1.54, 1.807) is 0 Å². The van der Waals surface area contributed by atoms with E-state index in [2.05, 4.69) is 24.8 Å².